The molecule has 0 saturated carbocycles. The predicted molar refractivity (Wildman–Crippen MR) is 67.6 cm³/mol. The van der Waals surface area contributed by atoms with Crippen LogP contribution in [0, 0.1) is 5.92 Å². The van der Waals surface area contributed by atoms with Crippen LogP contribution in [0.3, 0.4) is 0 Å². The van der Waals surface area contributed by atoms with Gasteiger partial charge in [-0.05, 0) is 25.3 Å². The first-order chi connectivity index (χ1) is 8.35. The van der Waals surface area contributed by atoms with Gasteiger partial charge < -0.3 is 10.1 Å². The van der Waals surface area contributed by atoms with Gasteiger partial charge in [-0.25, -0.2) is 0 Å². The number of rotatable bonds is 10. The van der Waals surface area contributed by atoms with Crippen LogP contribution < -0.4 is 5.32 Å². The van der Waals surface area contributed by atoms with Crippen molar-refractivity contribution in [3.63, 3.8) is 0 Å². The molecule has 0 heterocycles. The molecule has 18 heavy (non-hydrogen) atoms. The van der Waals surface area contributed by atoms with Crippen molar-refractivity contribution in [3.8, 4) is 0 Å². The van der Waals surface area contributed by atoms with Crippen molar-refractivity contribution in [2.45, 2.75) is 58.7 Å². The molecule has 0 fully saturated rings. The third-order valence-corrected chi connectivity index (χ3v) is 2.70. The molecule has 2 nitrogen and oxygen atoms in total. The van der Waals surface area contributed by atoms with Crippen molar-refractivity contribution < 1.29 is 17.9 Å². The van der Waals surface area contributed by atoms with Crippen molar-refractivity contribution in [3.05, 3.63) is 0 Å². The molecule has 0 aliphatic carbocycles. The molecular weight excluding hydrogens is 243 g/mol. The lowest BCUT2D eigenvalue weighted by molar-refractivity contribution is -0.174. The number of alkyl halides is 3. The maximum Gasteiger partial charge on any atom is 0.411 e. The molecule has 1 atom stereocenters. The van der Waals surface area contributed by atoms with Gasteiger partial charge in [-0.15, -0.1) is 0 Å². The Labute approximate surface area is 108 Å². The molecule has 5 heteroatoms. The van der Waals surface area contributed by atoms with Gasteiger partial charge in [-0.3, -0.25) is 0 Å². The number of ether oxygens (including phenoxy) is 1. The van der Waals surface area contributed by atoms with E-state index in [0.29, 0.717) is 12.3 Å². The van der Waals surface area contributed by atoms with Crippen molar-refractivity contribution in [1.82, 2.24) is 5.32 Å². The summed E-state index contributed by atoms with van der Waals surface area (Å²) in [6, 6.07) is 0.266. The van der Waals surface area contributed by atoms with Gasteiger partial charge in [0.05, 0.1) is 0 Å². The first-order valence-corrected chi connectivity index (χ1v) is 6.73. The minimum absolute atomic E-state index is 0.166. The second-order valence-corrected chi connectivity index (χ2v) is 5.04. The molecule has 0 aliphatic rings. The van der Waals surface area contributed by atoms with Gasteiger partial charge >= 0.3 is 6.18 Å². The Morgan fingerprint density at radius 3 is 2.28 bits per heavy atom. The van der Waals surface area contributed by atoms with E-state index in [-0.39, 0.29) is 12.6 Å². The minimum Gasteiger partial charge on any atom is -0.372 e. The van der Waals surface area contributed by atoms with Crippen LogP contribution in [0.5, 0.6) is 0 Å². The first kappa shape index (κ1) is 17.7. The molecular formula is C13H26F3NO. The molecule has 110 valence electrons. The fourth-order valence-corrected chi connectivity index (χ4v) is 1.82. The van der Waals surface area contributed by atoms with E-state index in [2.05, 4.69) is 23.9 Å². The highest BCUT2D eigenvalue weighted by Gasteiger charge is 2.27. The van der Waals surface area contributed by atoms with Crippen molar-refractivity contribution in [1.29, 1.82) is 0 Å². The van der Waals surface area contributed by atoms with E-state index < -0.39 is 12.8 Å². The average Bonchev–Trinajstić information content (AvgIpc) is 2.22. The number of hydrogen-bond donors (Lipinski definition) is 1. The van der Waals surface area contributed by atoms with Crippen LogP contribution in [0.15, 0.2) is 0 Å². The molecule has 1 unspecified atom stereocenters. The zero-order chi connectivity index (χ0) is 14.0. The van der Waals surface area contributed by atoms with E-state index in [4.69, 9.17) is 0 Å². The summed E-state index contributed by atoms with van der Waals surface area (Å²) in [6.45, 7) is 6.22. The predicted octanol–water partition coefficient (Wildman–Crippen LogP) is 3.76. The van der Waals surface area contributed by atoms with Gasteiger partial charge in [0.15, 0.2) is 0 Å². The van der Waals surface area contributed by atoms with Crippen LogP contribution in [0.1, 0.15) is 46.5 Å². The molecule has 0 aromatic heterocycles. The SMILES string of the molecule is CCNC(CCCC(C)C)CCOCC(F)(F)F. The van der Waals surface area contributed by atoms with E-state index in [1.807, 2.05) is 6.92 Å². The fourth-order valence-electron chi connectivity index (χ4n) is 1.82. The average molecular weight is 269 g/mol. The highest BCUT2D eigenvalue weighted by atomic mass is 19.4. The van der Waals surface area contributed by atoms with Crippen molar-refractivity contribution in [2.24, 2.45) is 5.92 Å². The van der Waals surface area contributed by atoms with Crippen molar-refractivity contribution >= 4 is 0 Å². The Morgan fingerprint density at radius 2 is 1.78 bits per heavy atom. The van der Waals surface area contributed by atoms with Gasteiger partial charge in [0.1, 0.15) is 6.61 Å². The Balaban J connectivity index is 3.69. The molecule has 0 amide bonds. The largest absolute Gasteiger partial charge is 0.411 e. The summed E-state index contributed by atoms with van der Waals surface area (Å²) < 4.78 is 40.3. The third kappa shape index (κ3) is 12.2. The van der Waals surface area contributed by atoms with Gasteiger partial charge in [0.2, 0.25) is 0 Å². The Morgan fingerprint density at radius 1 is 1.11 bits per heavy atom. The lowest BCUT2D eigenvalue weighted by atomic mass is 10.0. The minimum atomic E-state index is -4.22. The summed E-state index contributed by atoms with van der Waals surface area (Å²) in [5, 5.41) is 3.29. The molecule has 0 bridgehead atoms. The molecule has 0 aromatic carbocycles. The topological polar surface area (TPSA) is 21.3 Å². The fraction of sp³-hybridized carbons (Fsp3) is 1.00. The smallest absolute Gasteiger partial charge is 0.372 e. The van der Waals surface area contributed by atoms with E-state index >= 15 is 0 Å². The Kier molecular flexibility index (Phi) is 9.46. The summed E-state index contributed by atoms with van der Waals surface area (Å²) in [4.78, 5) is 0. The van der Waals surface area contributed by atoms with Crippen LogP contribution in [0.4, 0.5) is 13.2 Å². The van der Waals surface area contributed by atoms with E-state index in [9.17, 15) is 13.2 Å². The summed E-state index contributed by atoms with van der Waals surface area (Å²) >= 11 is 0. The quantitative estimate of drug-likeness (QED) is 0.610. The maximum atomic E-state index is 11.9. The summed E-state index contributed by atoms with van der Waals surface area (Å²) in [6.07, 6.45) is -0.311. The van der Waals surface area contributed by atoms with Gasteiger partial charge in [0, 0.05) is 12.6 Å². The van der Waals surface area contributed by atoms with Gasteiger partial charge in [-0.1, -0.05) is 33.6 Å². The molecule has 0 spiro atoms. The second-order valence-electron chi connectivity index (χ2n) is 5.04. The molecule has 0 aliphatic heterocycles. The van der Waals surface area contributed by atoms with E-state index in [0.717, 1.165) is 25.8 Å². The summed E-state index contributed by atoms with van der Waals surface area (Å²) in [5.41, 5.74) is 0. The first-order valence-electron chi connectivity index (χ1n) is 6.73. The Bertz CT molecular complexity index is 195. The standard InChI is InChI=1S/C13H26F3NO/c1-4-17-12(7-5-6-11(2)3)8-9-18-10-13(14,15)16/h11-12,17H,4-10H2,1-3H3. The van der Waals surface area contributed by atoms with Crippen LogP contribution in [0.25, 0.3) is 0 Å². The van der Waals surface area contributed by atoms with E-state index in [1.165, 1.54) is 0 Å². The monoisotopic (exact) mass is 269 g/mol. The molecule has 0 rings (SSSR count). The number of nitrogens with one attached hydrogen (secondary N) is 1. The lowest BCUT2D eigenvalue weighted by Gasteiger charge is -2.18. The van der Waals surface area contributed by atoms with Crippen LogP contribution in [0.2, 0.25) is 0 Å². The molecule has 0 radical (unpaired) electrons. The number of halogens is 3. The van der Waals surface area contributed by atoms with Crippen LogP contribution >= 0.6 is 0 Å². The number of hydrogen-bond acceptors (Lipinski definition) is 2. The summed E-state index contributed by atoms with van der Waals surface area (Å²) in [7, 11) is 0. The highest BCUT2D eigenvalue weighted by Crippen LogP contribution is 2.15. The maximum absolute atomic E-state index is 11.9. The second kappa shape index (κ2) is 9.62. The third-order valence-electron chi connectivity index (χ3n) is 2.70. The van der Waals surface area contributed by atoms with Crippen LogP contribution in [-0.4, -0.2) is 32.0 Å². The Hall–Kier alpha value is -0.290. The van der Waals surface area contributed by atoms with Crippen molar-refractivity contribution in [2.75, 3.05) is 19.8 Å². The molecule has 0 aromatic rings. The van der Waals surface area contributed by atoms with Gasteiger partial charge in [-0.2, -0.15) is 13.2 Å². The zero-order valence-electron chi connectivity index (χ0n) is 11.6. The summed E-state index contributed by atoms with van der Waals surface area (Å²) in [5.74, 6) is 0.675. The zero-order valence-corrected chi connectivity index (χ0v) is 11.6. The lowest BCUT2D eigenvalue weighted by Crippen LogP contribution is -2.30. The molecule has 0 saturated heterocycles. The molecule has 1 N–H and O–H groups in total. The normalized spacial score (nSPS) is 14.2. The van der Waals surface area contributed by atoms with Crippen LogP contribution in [-0.2, 0) is 4.74 Å². The van der Waals surface area contributed by atoms with E-state index in [1.54, 1.807) is 0 Å². The van der Waals surface area contributed by atoms with Gasteiger partial charge in [0.25, 0.3) is 0 Å². The highest BCUT2D eigenvalue weighted by molar-refractivity contribution is 4.66.